The monoisotopic (exact) mass is 566 g/mol. The summed E-state index contributed by atoms with van der Waals surface area (Å²) in [6, 6.07) is 10.7. The second kappa shape index (κ2) is 10.4. The van der Waals surface area contributed by atoms with Crippen molar-refractivity contribution >= 4 is 63.2 Å². The van der Waals surface area contributed by atoms with Gasteiger partial charge in [-0.1, -0.05) is 26.0 Å². The number of nitrogens with zero attached hydrogens (tertiary/aromatic N) is 1. The first-order valence-electron chi connectivity index (χ1n) is 10.00. The number of phenolic OH excluding ortho intramolecular Hbond substituents is 1. The molecule has 3 amide bonds. The highest BCUT2D eigenvalue weighted by molar-refractivity contribution is 14.1. The number of carbonyl (C=O) groups excluding carboxylic acids is 3. The fourth-order valence-electron chi connectivity index (χ4n) is 3.03. The molecule has 0 bridgehead atoms. The van der Waals surface area contributed by atoms with Crippen molar-refractivity contribution in [2.75, 3.05) is 18.5 Å². The maximum atomic E-state index is 12.7. The Balaban J connectivity index is 1.71. The number of rotatable bonds is 7. The van der Waals surface area contributed by atoms with E-state index in [0.717, 1.165) is 22.2 Å². The van der Waals surface area contributed by atoms with E-state index in [1.54, 1.807) is 37.3 Å². The number of ether oxygens (including phenoxy) is 1. The third-order valence-corrected chi connectivity index (χ3v) is 6.41. The number of halogens is 1. The lowest BCUT2D eigenvalue weighted by Crippen LogP contribution is -2.36. The van der Waals surface area contributed by atoms with Crippen LogP contribution in [0.3, 0.4) is 0 Å². The Hall–Kier alpha value is -2.53. The van der Waals surface area contributed by atoms with Gasteiger partial charge in [0.1, 0.15) is 6.54 Å². The third kappa shape index (κ3) is 5.63. The number of amides is 3. The molecule has 3 rings (SSSR count). The van der Waals surface area contributed by atoms with E-state index in [4.69, 9.17) is 4.74 Å². The average molecular weight is 566 g/mol. The number of carbonyl (C=O) groups is 3. The molecule has 0 spiro atoms. The molecule has 9 heteroatoms. The first-order valence-corrected chi connectivity index (χ1v) is 11.9. The maximum Gasteiger partial charge on any atom is 0.294 e. The van der Waals surface area contributed by atoms with Crippen LogP contribution < -0.4 is 10.1 Å². The molecule has 1 heterocycles. The van der Waals surface area contributed by atoms with Crippen LogP contribution in [0, 0.1) is 3.57 Å². The van der Waals surface area contributed by atoms with E-state index in [0.29, 0.717) is 33.1 Å². The van der Waals surface area contributed by atoms with Gasteiger partial charge in [0.15, 0.2) is 11.5 Å². The summed E-state index contributed by atoms with van der Waals surface area (Å²) in [5, 5.41) is 12.3. The van der Waals surface area contributed by atoms with Gasteiger partial charge in [-0.05, 0) is 88.7 Å². The second-order valence-electron chi connectivity index (χ2n) is 7.38. The van der Waals surface area contributed by atoms with Gasteiger partial charge in [-0.25, -0.2) is 0 Å². The molecule has 0 unspecified atom stereocenters. The summed E-state index contributed by atoms with van der Waals surface area (Å²) in [6.07, 6.45) is 1.55. The number of anilines is 1. The van der Waals surface area contributed by atoms with Crippen molar-refractivity contribution in [3.05, 3.63) is 56.0 Å². The van der Waals surface area contributed by atoms with Crippen LogP contribution in [0.4, 0.5) is 10.5 Å². The first-order chi connectivity index (χ1) is 15.2. The van der Waals surface area contributed by atoms with E-state index >= 15 is 0 Å². The van der Waals surface area contributed by atoms with Crippen molar-refractivity contribution in [3.63, 3.8) is 0 Å². The molecule has 2 N–H and O–H groups in total. The molecule has 1 aliphatic heterocycles. The van der Waals surface area contributed by atoms with Gasteiger partial charge in [0, 0.05) is 5.69 Å². The summed E-state index contributed by atoms with van der Waals surface area (Å²) in [4.78, 5) is 38.6. The Morgan fingerprint density at radius 2 is 1.94 bits per heavy atom. The number of hydrogen-bond donors (Lipinski definition) is 2. The molecule has 1 saturated heterocycles. The van der Waals surface area contributed by atoms with Crippen molar-refractivity contribution in [2.24, 2.45) is 0 Å². The van der Waals surface area contributed by atoms with Crippen LogP contribution in [0.5, 0.6) is 11.5 Å². The Kier molecular flexibility index (Phi) is 7.83. The largest absolute Gasteiger partial charge is 0.504 e. The van der Waals surface area contributed by atoms with Gasteiger partial charge in [0.05, 0.1) is 15.1 Å². The quantitative estimate of drug-likeness (QED) is 0.354. The average Bonchev–Trinajstić information content (AvgIpc) is 2.99. The fraction of sp³-hybridized carbons (Fsp3) is 0.261. The molecule has 0 aromatic heterocycles. The number of thioether (sulfide) groups is 1. The number of imide groups is 1. The zero-order valence-electron chi connectivity index (χ0n) is 17.8. The van der Waals surface area contributed by atoms with Crippen LogP contribution in [0.1, 0.15) is 37.8 Å². The van der Waals surface area contributed by atoms with Crippen molar-refractivity contribution in [1.29, 1.82) is 0 Å². The van der Waals surface area contributed by atoms with E-state index in [-0.39, 0.29) is 17.2 Å². The van der Waals surface area contributed by atoms with Gasteiger partial charge in [0.2, 0.25) is 5.91 Å². The zero-order chi connectivity index (χ0) is 23.4. The lowest BCUT2D eigenvalue weighted by Gasteiger charge is -2.13. The number of hydrogen-bond acceptors (Lipinski definition) is 6. The summed E-state index contributed by atoms with van der Waals surface area (Å²) in [5.74, 6) is -0.290. The van der Waals surface area contributed by atoms with E-state index in [2.05, 4.69) is 19.2 Å². The van der Waals surface area contributed by atoms with Crippen LogP contribution in [0.15, 0.2) is 41.3 Å². The number of nitrogens with one attached hydrogen (secondary N) is 1. The topological polar surface area (TPSA) is 95.9 Å². The normalized spacial score (nSPS) is 15.0. The van der Waals surface area contributed by atoms with Crippen LogP contribution in [0.25, 0.3) is 6.08 Å². The van der Waals surface area contributed by atoms with Gasteiger partial charge in [-0.2, -0.15) is 0 Å². The van der Waals surface area contributed by atoms with Crippen molar-refractivity contribution in [3.8, 4) is 11.5 Å². The van der Waals surface area contributed by atoms with Gasteiger partial charge in [0.25, 0.3) is 11.1 Å². The molecule has 2 aromatic carbocycles. The highest BCUT2D eigenvalue weighted by Gasteiger charge is 2.36. The second-order valence-corrected chi connectivity index (χ2v) is 9.53. The summed E-state index contributed by atoms with van der Waals surface area (Å²) >= 11 is 2.74. The minimum absolute atomic E-state index is 0.0239. The van der Waals surface area contributed by atoms with E-state index in [1.165, 1.54) is 0 Å². The van der Waals surface area contributed by atoms with Gasteiger partial charge in [-0.15, -0.1) is 0 Å². The minimum Gasteiger partial charge on any atom is -0.504 e. The molecule has 2 aromatic rings. The van der Waals surface area contributed by atoms with Crippen molar-refractivity contribution in [2.45, 2.75) is 26.7 Å². The molecule has 32 heavy (non-hydrogen) atoms. The zero-order valence-corrected chi connectivity index (χ0v) is 20.8. The molecule has 0 atom stereocenters. The molecule has 0 radical (unpaired) electrons. The number of aromatic hydroxyl groups is 1. The fourth-order valence-corrected chi connectivity index (χ4v) is 4.49. The third-order valence-electron chi connectivity index (χ3n) is 4.68. The Morgan fingerprint density at radius 1 is 1.25 bits per heavy atom. The molecule has 1 fully saturated rings. The standard InChI is InChI=1S/C23H23IN2O5S/c1-4-31-18-10-14(9-17(24)21(18)28)11-19-22(29)26(23(30)32-19)12-20(27)25-16-7-5-15(6-8-16)13(2)3/h5-11,13,28H,4,12H2,1-3H3,(H,25,27)/b19-11+. The van der Waals surface area contributed by atoms with Crippen molar-refractivity contribution in [1.82, 2.24) is 4.90 Å². The van der Waals surface area contributed by atoms with Crippen LogP contribution in [-0.2, 0) is 9.59 Å². The lowest BCUT2D eigenvalue weighted by atomic mass is 10.0. The molecule has 7 nitrogen and oxygen atoms in total. The SMILES string of the molecule is CCOc1cc(/C=C2/SC(=O)N(CC(=O)Nc3ccc(C(C)C)cc3)C2=O)cc(I)c1O. The van der Waals surface area contributed by atoms with Crippen LogP contribution in [-0.4, -0.2) is 40.2 Å². The maximum absolute atomic E-state index is 12.7. The number of phenols is 1. The van der Waals surface area contributed by atoms with E-state index < -0.39 is 17.1 Å². The molecular weight excluding hydrogens is 543 g/mol. The predicted molar refractivity (Wildman–Crippen MR) is 134 cm³/mol. The molecular formula is C23H23IN2O5S. The highest BCUT2D eigenvalue weighted by Crippen LogP contribution is 2.36. The van der Waals surface area contributed by atoms with Gasteiger partial charge < -0.3 is 15.2 Å². The first kappa shape index (κ1) is 24.1. The van der Waals surface area contributed by atoms with Gasteiger partial charge >= 0.3 is 0 Å². The molecule has 0 saturated carbocycles. The van der Waals surface area contributed by atoms with Crippen molar-refractivity contribution < 1.29 is 24.2 Å². The van der Waals surface area contributed by atoms with E-state index in [1.807, 2.05) is 34.7 Å². The summed E-state index contributed by atoms with van der Waals surface area (Å²) in [5.41, 5.74) is 2.36. The Bertz CT molecular complexity index is 1080. The molecule has 1 aliphatic rings. The predicted octanol–water partition coefficient (Wildman–Crippen LogP) is 5.19. The Labute approximate surface area is 204 Å². The summed E-state index contributed by atoms with van der Waals surface area (Å²) in [7, 11) is 0. The highest BCUT2D eigenvalue weighted by atomic mass is 127. The van der Waals surface area contributed by atoms with Crippen LogP contribution in [0.2, 0.25) is 0 Å². The number of benzene rings is 2. The summed E-state index contributed by atoms with van der Waals surface area (Å²) < 4.78 is 5.97. The van der Waals surface area contributed by atoms with Crippen LogP contribution >= 0.6 is 34.4 Å². The summed E-state index contributed by atoms with van der Waals surface area (Å²) in [6.45, 7) is 5.97. The van der Waals surface area contributed by atoms with E-state index in [9.17, 15) is 19.5 Å². The lowest BCUT2D eigenvalue weighted by molar-refractivity contribution is -0.127. The minimum atomic E-state index is -0.536. The molecule has 0 aliphatic carbocycles. The Morgan fingerprint density at radius 3 is 2.56 bits per heavy atom. The van der Waals surface area contributed by atoms with Gasteiger partial charge in [-0.3, -0.25) is 19.3 Å². The molecule has 168 valence electrons. The smallest absolute Gasteiger partial charge is 0.294 e.